The third-order valence-electron chi connectivity index (χ3n) is 18.8. The average Bonchev–Trinajstić information content (AvgIpc) is 1.71. The topological polar surface area (TPSA) is 359 Å². The molecule has 4 N–H and O–H groups in total. The van der Waals surface area contributed by atoms with Gasteiger partial charge in [-0.3, -0.25) is 58.1 Å². The average molecular weight is 1550 g/mol. The van der Waals surface area contributed by atoms with Crippen LogP contribution in [0.5, 0.6) is 23.0 Å². The highest BCUT2D eigenvalue weighted by Gasteiger charge is 2.42. The van der Waals surface area contributed by atoms with Crippen LogP contribution in [0, 0.1) is 5.92 Å². The lowest BCUT2D eigenvalue weighted by Crippen LogP contribution is -2.53. The zero-order valence-corrected chi connectivity index (χ0v) is 64.3. The lowest BCUT2D eigenvalue weighted by atomic mass is 9.93. The van der Waals surface area contributed by atoms with Crippen LogP contribution in [0.4, 0.5) is 27.5 Å². The summed E-state index contributed by atoms with van der Waals surface area (Å²) >= 11 is 0. The number of carbonyl (C=O) groups is 9. The molecule has 0 saturated carbocycles. The molecule has 111 heavy (non-hydrogen) atoms. The van der Waals surface area contributed by atoms with E-state index >= 15 is 0 Å². The molecule has 9 rings (SSSR count). The number of hydrogen-bond donors (Lipinski definition) is 4. The summed E-state index contributed by atoms with van der Waals surface area (Å²) in [7, 11) is 4.65. The lowest BCUT2D eigenvalue weighted by Gasteiger charge is -2.34. The standard InChI is InChI=1S/C79H104N10O22/c1-53(2)73(85-70(91)20-28-102-30-32-104-34-36-106-38-40-108-42-41-107-39-37-105-35-33-103-31-29-101-25-9-22-80-69(90)19-24-87-71(92)17-18-72(87)93)75(95)83-54(3)74(94)84-58-14-11-55(12-15-58)51-111-78(98)86(5)59-16-13-56-43-60-49-81-63-47-67(65(99-6)45-61(63)76(96)88(60)50-57(56)44-59)109-26-10-27-110-68-48-64-62(46-66(68)100-7)77(97)89-23-8-21-79(89,4)52-82-64/h11-18,44-49,52-54,60,73H,8-10,19-43,50-51H2,1-7H3,(H,80,90)(H,83,95)(H,84,94)(H,85,91)/t54-,60?,73-,79-/m0/s1. The van der Waals surface area contributed by atoms with Gasteiger partial charge in [0.15, 0.2) is 23.0 Å². The van der Waals surface area contributed by atoms with Crippen molar-refractivity contribution >= 4 is 88.5 Å². The summed E-state index contributed by atoms with van der Waals surface area (Å²) in [5, 5.41) is 11.0. The number of rotatable bonds is 48. The zero-order chi connectivity index (χ0) is 79.1. The molecule has 0 spiro atoms. The summed E-state index contributed by atoms with van der Waals surface area (Å²) in [6, 6.07) is 16.9. The highest BCUT2D eigenvalue weighted by Crippen LogP contribution is 2.42. The van der Waals surface area contributed by atoms with E-state index in [4.69, 9.17) is 71.6 Å². The molecule has 0 aromatic heterocycles. The molecule has 0 bridgehead atoms. The van der Waals surface area contributed by atoms with Crippen LogP contribution in [-0.2, 0) is 91.0 Å². The van der Waals surface area contributed by atoms with Crippen LogP contribution in [-0.4, -0.2) is 264 Å². The molecule has 32 nitrogen and oxygen atoms in total. The number of benzene rings is 4. The number of nitrogens with zero attached hydrogens (tertiary/aromatic N) is 6. The molecule has 5 aliphatic rings. The Hall–Kier alpha value is -9.93. The molecule has 9 amide bonds. The van der Waals surface area contributed by atoms with E-state index in [0.29, 0.717) is 187 Å². The first-order valence-corrected chi connectivity index (χ1v) is 37.6. The van der Waals surface area contributed by atoms with Gasteiger partial charge < -0.3 is 92.6 Å². The van der Waals surface area contributed by atoms with Gasteiger partial charge in [0.1, 0.15) is 18.7 Å². The molecule has 5 heterocycles. The third kappa shape index (κ3) is 25.3. The summed E-state index contributed by atoms with van der Waals surface area (Å²) in [4.78, 5) is 131. The number of aliphatic imine (C=N–C) groups is 2. The van der Waals surface area contributed by atoms with Crippen LogP contribution in [0.1, 0.15) is 104 Å². The van der Waals surface area contributed by atoms with E-state index in [1.54, 1.807) is 80.5 Å². The maximum Gasteiger partial charge on any atom is 0.414 e. The van der Waals surface area contributed by atoms with Gasteiger partial charge >= 0.3 is 6.09 Å². The first-order chi connectivity index (χ1) is 53.7. The molecule has 5 aliphatic heterocycles. The van der Waals surface area contributed by atoms with Crippen molar-refractivity contribution in [1.29, 1.82) is 0 Å². The fourth-order valence-electron chi connectivity index (χ4n) is 12.5. The number of ether oxygens (including phenoxy) is 13. The van der Waals surface area contributed by atoms with E-state index in [1.165, 1.54) is 38.2 Å². The summed E-state index contributed by atoms with van der Waals surface area (Å²) in [6.45, 7) is 14.9. The van der Waals surface area contributed by atoms with Gasteiger partial charge in [-0.25, -0.2) is 4.79 Å². The second-order valence-electron chi connectivity index (χ2n) is 27.3. The van der Waals surface area contributed by atoms with Gasteiger partial charge in [0.25, 0.3) is 23.6 Å². The molecule has 1 fully saturated rings. The van der Waals surface area contributed by atoms with Crippen molar-refractivity contribution in [3.63, 3.8) is 0 Å². The Morgan fingerprint density at radius 3 is 1.73 bits per heavy atom. The Kier molecular flexibility index (Phi) is 33.4. The minimum atomic E-state index is -0.962. The highest BCUT2D eigenvalue weighted by molar-refractivity contribution is 6.13. The summed E-state index contributed by atoms with van der Waals surface area (Å²) in [5.41, 5.74) is 4.88. The monoisotopic (exact) mass is 1540 g/mol. The van der Waals surface area contributed by atoms with Gasteiger partial charge in [-0.2, -0.15) is 0 Å². The predicted octanol–water partition coefficient (Wildman–Crippen LogP) is 6.25. The van der Waals surface area contributed by atoms with Crippen LogP contribution in [0.2, 0.25) is 0 Å². The van der Waals surface area contributed by atoms with Crippen LogP contribution < -0.4 is 45.1 Å². The van der Waals surface area contributed by atoms with Crippen molar-refractivity contribution in [3.8, 4) is 23.0 Å². The number of imide groups is 1. The largest absolute Gasteiger partial charge is 0.493 e. The number of fused-ring (bicyclic) bond motifs is 5. The number of amides is 9. The molecule has 32 heteroatoms. The Balaban J connectivity index is 0.572. The van der Waals surface area contributed by atoms with E-state index in [-0.39, 0.29) is 88.6 Å². The van der Waals surface area contributed by atoms with Gasteiger partial charge in [0, 0.05) is 107 Å². The van der Waals surface area contributed by atoms with Gasteiger partial charge in [0.05, 0.1) is 161 Å². The quantitative estimate of drug-likeness (QED) is 0.0280. The SMILES string of the molecule is COc1cc2c(cc1OCCCOc1cc3c(cc1OC)C(=O)N1CCC[C@@]1(C)C=N3)N=CC1Cc3ccc(N(C)C(=O)OCc4ccc(NC(=O)[C@H](C)NC(=O)[C@@H](NC(=O)CCOCCOCCOCCOCCOCCOCCOCCOCCCNC(=O)CCN5C(=O)C=CC5=O)C(C)C)cc4)cc3CN1C2=O. The third-order valence-corrected chi connectivity index (χ3v) is 18.8. The molecule has 602 valence electrons. The minimum absolute atomic E-state index is 0.00403. The van der Waals surface area contributed by atoms with Crippen molar-refractivity contribution in [3.05, 3.63) is 107 Å². The molecule has 4 atom stereocenters. The Labute approximate surface area is 646 Å². The van der Waals surface area contributed by atoms with E-state index in [9.17, 15) is 43.2 Å². The van der Waals surface area contributed by atoms with E-state index in [2.05, 4.69) is 21.3 Å². The van der Waals surface area contributed by atoms with Gasteiger partial charge in [-0.1, -0.05) is 32.0 Å². The van der Waals surface area contributed by atoms with Crippen LogP contribution >= 0.6 is 0 Å². The molecule has 0 aliphatic carbocycles. The van der Waals surface area contributed by atoms with Gasteiger partial charge in [0.2, 0.25) is 23.6 Å². The normalized spacial score (nSPS) is 16.6. The maximum absolute atomic E-state index is 14.4. The fraction of sp³-hybridized carbons (Fsp3) is 0.532. The molecule has 1 unspecified atom stereocenters. The number of hydrogen-bond acceptors (Lipinski definition) is 24. The fourth-order valence-corrected chi connectivity index (χ4v) is 12.5. The molecular formula is C79H104N10O22. The second kappa shape index (κ2) is 43.6. The Bertz CT molecular complexity index is 3910. The number of anilines is 2. The maximum atomic E-state index is 14.4. The summed E-state index contributed by atoms with van der Waals surface area (Å²) in [6.07, 6.45) is 8.81. The molecule has 0 radical (unpaired) electrons. The van der Waals surface area contributed by atoms with Gasteiger partial charge in [-0.15, -0.1) is 0 Å². The second-order valence-corrected chi connectivity index (χ2v) is 27.3. The van der Waals surface area contributed by atoms with Crippen LogP contribution in [0.15, 0.2) is 88.9 Å². The Morgan fingerprint density at radius 1 is 0.595 bits per heavy atom. The number of carbonyl (C=O) groups excluding carboxylic acids is 9. The van der Waals surface area contributed by atoms with Crippen molar-refractivity contribution in [2.75, 3.05) is 170 Å². The number of methoxy groups -OCH3 is 2. The number of nitrogens with one attached hydrogen (secondary N) is 4. The highest BCUT2D eigenvalue weighted by atomic mass is 16.6. The van der Waals surface area contributed by atoms with Crippen molar-refractivity contribution in [2.24, 2.45) is 15.9 Å². The Morgan fingerprint density at radius 2 is 1.15 bits per heavy atom. The van der Waals surface area contributed by atoms with Crippen LogP contribution in [0.3, 0.4) is 0 Å². The smallest absolute Gasteiger partial charge is 0.414 e. The molecule has 1 saturated heterocycles. The summed E-state index contributed by atoms with van der Waals surface area (Å²) in [5.74, 6) is -1.40. The van der Waals surface area contributed by atoms with E-state index in [1.807, 2.05) is 36.2 Å². The van der Waals surface area contributed by atoms with Crippen molar-refractivity contribution in [2.45, 2.75) is 109 Å². The first kappa shape index (κ1) is 85.1. The van der Waals surface area contributed by atoms with E-state index < -0.39 is 53.3 Å². The molecule has 4 aromatic carbocycles. The van der Waals surface area contributed by atoms with Crippen LogP contribution in [0.25, 0.3) is 0 Å². The first-order valence-electron chi connectivity index (χ1n) is 37.6. The van der Waals surface area contributed by atoms with Gasteiger partial charge in [-0.05, 0) is 98.5 Å². The zero-order valence-electron chi connectivity index (χ0n) is 64.3. The summed E-state index contributed by atoms with van der Waals surface area (Å²) < 4.78 is 73.6. The van der Waals surface area contributed by atoms with Crippen molar-refractivity contribution in [1.82, 2.24) is 30.7 Å². The molecular weight excluding hydrogens is 1440 g/mol. The van der Waals surface area contributed by atoms with E-state index in [0.717, 1.165) is 28.9 Å². The lowest BCUT2D eigenvalue weighted by molar-refractivity contribution is -0.137. The van der Waals surface area contributed by atoms with Crippen molar-refractivity contribution < 1.29 is 105 Å². The predicted molar refractivity (Wildman–Crippen MR) is 408 cm³/mol. The molecule has 4 aromatic rings. The minimum Gasteiger partial charge on any atom is -0.493 e.